The molecule has 1 saturated heterocycles. The van der Waals surface area contributed by atoms with Crippen LogP contribution in [0.5, 0.6) is 0 Å². The van der Waals surface area contributed by atoms with E-state index >= 15 is 0 Å². The van der Waals surface area contributed by atoms with Gasteiger partial charge in [0.15, 0.2) is 5.65 Å². The van der Waals surface area contributed by atoms with Crippen LogP contribution in [0.2, 0.25) is 0 Å². The molecule has 5 rings (SSSR count). The predicted molar refractivity (Wildman–Crippen MR) is 137 cm³/mol. The summed E-state index contributed by atoms with van der Waals surface area (Å²) in [6.07, 6.45) is 5.85. The molecule has 1 aliphatic rings. The van der Waals surface area contributed by atoms with Crippen molar-refractivity contribution in [1.82, 2.24) is 29.6 Å². The van der Waals surface area contributed by atoms with Crippen LogP contribution in [-0.4, -0.2) is 54.5 Å². The fraction of sp³-hybridized carbons (Fsp3) is 0.192. The standard InChI is InChI=1S/C26H23N9O2/c1-2-21(36)34-11-3-4-19(14-34)35-25-22(24(28)30-15-31-25)23(33-35)17-5-7-18(8-6-17)26(37)32-20-12-16(13-27)9-10-29-20/h2,5-10,12,15,19H,1,3-4,11,14H2,(H2,28,30,31)(H,29,32,37)/t19-/m1/s1. The normalized spacial score (nSPS) is 15.2. The summed E-state index contributed by atoms with van der Waals surface area (Å²) in [6.45, 7) is 4.76. The van der Waals surface area contributed by atoms with E-state index in [9.17, 15) is 9.59 Å². The summed E-state index contributed by atoms with van der Waals surface area (Å²) in [5.74, 6) is 0.117. The van der Waals surface area contributed by atoms with Crippen molar-refractivity contribution in [2.75, 3.05) is 24.1 Å². The molecule has 37 heavy (non-hydrogen) atoms. The van der Waals surface area contributed by atoms with Crippen LogP contribution in [0.3, 0.4) is 0 Å². The summed E-state index contributed by atoms with van der Waals surface area (Å²) >= 11 is 0. The number of benzene rings is 1. The molecule has 0 saturated carbocycles. The Labute approximate surface area is 212 Å². The van der Waals surface area contributed by atoms with E-state index < -0.39 is 0 Å². The highest BCUT2D eigenvalue weighted by molar-refractivity contribution is 6.04. The number of nitrogens with one attached hydrogen (secondary N) is 1. The van der Waals surface area contributed by atoms with Crippen molar-refractivity contribution in [2.24, 2.45) is 0 Å². The maximum absolute atomic E-state index is 12.7. The van der Waals surface area contributed by atoms with Gasteiger partial charge in [0.25, 0.3) is 5.91 Å². The van der Waals surface area contributed by atoms with Gasteiger partial charge < -0.3 is 16.0 Å². The van der Waals surface area contributed by atoms with Crippen LogP contribution in [0.4, 0.5) is 11.6 Å². The van der Waals surface area contributed by atoms with Crippen molar-refractivity contribution in [3.63, 3.8) is 0 Å². The van der Waals surface area contributed by atoms with Gasteiger partial charge in [0.2, 0.25) is 5.91 Å². The quantitative estimate of drug-likeness (QED) is 0.402. The van der Waals surface area contributed by atoms with Gasteiger partial charge in [0, 0.05) is 30.4 Å². The van der Waals surface area contributed by atoms with Crippen LogP contribution in [0.15, 0.2) is 61.6 Å². The zero-order valence-corrected chi connectivity index (χ0v) is 19.8. The lowest BCUT2D eigenvalue weighted by Gasteiger charge is -2.32. The van der Waals surface area contributed by atoms with Crippen LogP contribution >= 0.6 is 0 Å². The first-order chi connectivity index (χ1) is 18.0. The number of nitrogens with zero attached hydrogens (tertiary/aromatic N) is 7. The number of nitrogens with two attached hydrogens (primary N) is 1. The lowest BCUT2D eigenvalue weighted by Crippen LogP contribution is -2.40. The van der Waals surface area contributed by atoms with Gasteiger partial charge in [-0.2, -0.15) is 10.4 Å². The van der Waals surface area contributed by atoms with Crippen molar-refractivity contribution in [3.8, 4) is 17.3 Å². The zero-order chi connectivity index (χ0) is 25.9. The monoisotopic (exact) mass is 493 g/mol. The molecule has 1 aromatic carbocycles. The number of anilines is 2. The lowest BCUT2D eigenvalue weighted by atomic mass is 10.1. The molecule has 11 heteroatoms. The van der Waals surface area contributed by atoms with E-state index in [1.54, 1.807) is 35.2 Å². The smallest absolute Gasteiger partial charge is 0.256 e. The van der Waals surface area contributed by atoms with E-state index in [1.165, 1.54) is 24.7 Å². The van der Waals surface area contributed by atoms with Crippen LogP contribution in [0, 0.1) is 11.3 Å². The van der Waals surface area contributed by atoms with Crippen molar-refractivity contribution < 1.29 is 9.59 Å². The van der Waals surface area contributed by atoms with Gasteiger partial charge in [-0.1, -0.05) is 18.7 Å². The van der Waals surface area contributed by atoms with E-state index in [0.717, 1.165) is 18.4 Å². The third kappa shape index (κ3) is 4.60. The van der Waals surface area contributed by atoms with E-state index in [0.29, 0.717) is 52.6 Å². The Hall–Kier alpha value is -5.11. The largest absolute Gasteiger partial charge is 0.383 e. The second kappa shape index (κ2) is 9.87. The highest BCUT2D eigenvalue weighted by Crippen LogP contribution is 2.34. The predicted octanol–water partition coefficient (Wildman–Crippen LogP) is 2.94. The molecule has 0 unspecified atom stereocenters. The Morgan fingerprint density at radius 1 is 1.19 bits per heavy atom. The highest BCUT2D eigenvalue weighted by Gasteiger charge is 2.28. The molecule has 0 radical (unpaired) electrons. The first-order valence-corrected chi connectivity index (χ1v) is 11.7. The fourth-order valence-electron chi connectivity index (χ4n) is 4.47. The van der Waals surface area contributed by atoms with Gasteiger partial charge in [0.05, 0.1) is 23.1 Å². The molecule has 184 valence electrons. The third-order valence-corrected chi connectivity index (χ3v) is 6.30. The number of aromatic nitrogens is 5. The van der Waals surface area contributed by atoms with Gasteiger partial charge in [0.1, 0.15) is 23.7 Å². The number of hydrogen-bond donors (Lipinski definition) is 2. The minimum Gasteiger partial charge on any atom is -0.383 e. The number of rotatable bonds is 5. The van der Waals surface area contributed by atoms with Crippen molar-refractivity contribution >= 4 is 34.5 Å². The van der Waals surface area contributed by atoms with E-state index in [2.05, 4.69) is 26.8 Å². The molecular weight excluding hydrogens is 470 g/mol. The number of fused-ring (bicyclic) bond motifs is 1. The summed E-state index contributed by atoms with van der Waals surface area (Å²) < 4.78 is 1.82. The molecule has 0 aliphatic carbocycles. The maximum atomic E-state index is 12.7. The molecule has 3 aromatic heterocycles. The number of carbonyl (C=O) groups is 2. The van der Waals surface area contributed by atoms with Gasteiger partial charge in [-0.15, -0.1) is 0 Å². The Bertz CT molecular complexity index is 1550. The molecule has 1 atom stereocenters. The average Bonchev–Trinajstić information content (AvgIpc) is 3.34. The van der Waals surface area contributed by atoms with Crippen LogP contribution in [0.1, 0.15) is 34.8 Å². The van der Waals surface area contributed by atoms with Gasteiger partial charge >= 0.3 is 0 Å². The van der Waals surface area contributed by atoms with Gasteiger partial charge in [-0.3, -0.25) is 9.59 Å². The van der Waals surface area contributed by atoms with E-state index in [1.807, 2.05) is 10.8 Å². The first kappa shape index (κ1) is 23.6. The zero-order valence-electron chi connectivity index (χ0n) is 19.8. The van der Waals surface area contributed by atoms with Crippen molar-refractivity contribution in [3.05, 3.63) is 72.7 Å². The minimum absolute atomic E-state index is 0.0788. The molecule has 3 N–H and O–H groups in total. The molecule has 11 nitrogen and oxygen atoms in total. The van der Waals surface area contributed by atoms with Crippen LogP contribution in [-0.2, 0) is 4.79 Å². The number of hydrogen-bond acceptors (Lipinski definition) is 8. The van der Waals surface area contributed by atoms with E-state index in [-0.39, 0.29) is 17.9 Å². The number of piperidine rings is 1. The third-order valence-electron chi connectivity index (χ3n) is 6.30. The maximum Gasteiger partial charge on any atom is 0.256 e. The van der Waals surface area contributed by atoms with Crippen LogP contribution in [0.25, 0.3) is 22.3 Å². The summed E-state index contributed by atoms with van der Waals surface area (Å²) in [4.78, 5) is 39.4. The Balaban J connectivity index is 1.45. The molecule has 2 amide bonds. The number of pyridine rings is 1. The molecule has 1 aliphatic heterocycles. The molecular formula is C26H23N9O2. The fourth-order valence-corrected chi connectivity index (χ4v) is 4.47. The molecule has 0 bridgehead atoms. The van der Waals surface area contributed by atoms with Crippen molar-refractivity contribution in [2.45, 2.75) is 18.9 Å². The number of likely N-dealkylation sites (tertiary alicyclic amines) is 1. The molecule has 4 aromatic rings. The van der Waals surface area contributed by atoms with Crippen molar-refractivity contribution in [1.29, 1.82) is 5.26 Å². The summed E-state index contributed by atoms with van der Waals surface area (Å²) in [7, 11) is 0. The minimum atomic E-state index is -0.360. The highest BCUT2D eigenvalue weighted by atomic mass is 16.2. The van der Waals surface area contributed by atoms with Gasteiger partial charge in [-0.05, 0) is 43.2 Å². The average molecular weight is 494 g/mol. The summed E-state index contributed by atoms with van der Waals surface area (Å²) in [5, 5.41) is 17.2. The SMILES string of the molecule is C=CC(=O)N1CCC[C@@H](n2nc(-c3ccc(C(=O)Nc4cc(C#N)ccn4)cc3)c3c(N)ncnc32)C1. The van der Waals surface area contributed by atoms with Gasteiger partial charge in [-0.25, -0.2) is 19.6 Å². The second-order valence-electron chi connectivity index (χ2n) is 8.61. The van der Waals surface area contributed by atoms with Crippen LogP contribution < -0.4 is 11.1 Å². The summed E-state index contributed by atoms with van der Waals surface area (Å²) in [5.41, 5.74) is 8.97. The topological polar surface area (TPSA) is 156 Å². The lowest BCUT2D eigenvalue weighted by molar-refractivity contribution is -0.127. The molecule has 1 fully saturated rings. The Kier molecular flexibility index (Phi) is 6.30. The number of nitriles is 1. The van der Waals surface area contributed by atoms with E-state index in [4.69, 9.17) is 16.1 Å². The number of nitrogen functional groups attached to an aromatic ring is 1. The Morgan fingerprint density at radius 2 is 2.00 bits per heavy atom. The number of carbonyl (C=O) groups excluding carboxylic acids is 2. The number of amides is 2. The Morgan fingerprint density at radius 3 is 2.76 bits per heavy atom. The molecule has 0 spiro atoms. The summed E-state index contributed by atoms with van der Waals surface area (Å²) in [6, 6.07) is 11.9. The second-order valence-corrected chi connectivity index (χ2v) is 8.61. The first-order valence-electron chi connectivity index (χ1n) is 11.7. The molecule has 4 heterocycles.